The Morgan fingerprint density at radius 3 is 1.41 bits per heavy atom. The van der Waals surface area contributed by atoms with Gasteiger partial charge in [-0.25, -0.2) is 4.57 Å². The van der Waals surface area contributed by atoms with E-state index in [4.69, 9.17) is 9.05 Å². The largest absolute Gasteiger partial charge is 0.503 e. The van der Waals surface area contributed by atoms with E-state index in [1.807, 2.05) is 0 Å². The van der Waals surface area contributed by atoms with E-state index in [0.29, 0.717) is 0 Å². The molecule has 0 heterocycles. The monoisotopic (exact) mass is 261 g/mol. The molecule has 0 aliphatic heterocycles. The molecular weight excluding hydrogens is 239 g/mol. The second-order valence-corrected chi connectivity index (χ2v) is 6.49. The average Bonchev–Trinajstić information content (AvgIpc) is 2.30. The first-order valence-electron chi connectivity index (χ1n) is 6.83. The molecule has 17 heavy (non-hydrogen) atoms. The van der Waals surface area contributed by atoms with Gasteiger partial charge in [0.2, 0.25) is 0 Å². The van der Waals surface area contributed by atoms with Crippen LogP contribution in [0.25, 0.3) is 0 Å². The fraction of sp³-hybridized carbons (Fsp3) is 1.00. The molecule has 2 fully saturated rings. The van der Waals surface area contributed by atoms with Crippen LogP contribution in [0, 0.1) is 0 Å². The van der Waals surface area contributed by atoms with Gasteiger partial charge in [0.1, 0.15) is 0 Å². The lowest BCUT2D eigenvalue weighted by Crippen LogP contribution is -2.19. The highest BCUT2D eigenvalue weighted by atomic mass is 31.2. The summed E-state index contributed by atoms with van der Waals surface area (Å²) in [6.45, 7) is 0. The maximum Gasteiger partial charge on any atom is 0.503 e. The Morgan fingerprint density at radius 1 is 0.706 bits per heavy atom. The normalized spacial score (nSPS) is 25.0. The van der Waals surface area contributed by atoms with Gasteiger partial charge in [-0.1, -0.05) is 38.5 Å². The van der Waals surface area contributed by atoms with Crippen molar-refractivity contribution in [3.63, 3.8) is 0 Å². The predicted octanol–water partition coefficient (Wildman–Crippen LogP) is 4.22. The summed E-state index contributed by atoms with van der Waals surface area (Å²) in [5.74, 6) is 0. The molecule has 5 heteroatoms. The zero-order valence-corrected chi connectivity index (χ0v) is 11.2. The Labute approximate surface area is 103 Å². The molecule has 4 nitrogen and oxygen atoms in total. The van der Waals surface area contributed by atoms with Gasteiger partial charge in [0, 0.05) is 0 Å². The van der Waals surface area contributed by atoms with Crippen LogP contribution in [0.4, 0.5) is 0 Å². The molecule has 2 rings (SSSR count). The number of hydrogen-bond acceptors (Lipinski definition) is 3. The highest BCUT2D eigenvalue weighted by molar-refractivity contribution is 7.47. The topological polar surface area (TPSA) is 55.4 Å². The Morgan fingerprint density at radius 2 is 1.06 bits per heavy atom. The maximum atomic E-state index is 11.8. The molecule has 0 amide bonds. The predicted molar refractivity (Wildman–Crippen MR) is 64.2 cm³/mol. The van der Waals surface area contributed by atoms with Crippen LogP contribution in [0.1, 0.15) is 64.2 Å². The minimum absolute atomic E-state index is 0.143. The van der Waals surface area contributed by atoms with Gasteiger partial charge in [0.05, 0.1) is 12.2 Å². The second kappa shape index (κ2) is 6.33. The lowest BCUT2D eigenvalue weighted by molar-refractivity contribution is 0.0359. The summed E-state index contributed by atoms with van der Waals surface area (Å²) >= 11 is 0. The van der Waals surface area contributed by atoms with Gasteiger partial charge >= 0.3 is 7.82 Å². The first-order chi connectivity index (χ1) is 8.16. The molecule has 0 spiro atoms. The Kier molecular flexibility index (Phi) is 5.04. The Hall–Kier alpha value is 0.110. The molecule has 0 atom stereocenters. The van der Waals surface area contributed by atoms with Crippen molar-refractivity contribution in [2.24, 2.45) is 0 Å². The van der Waals surface area contributed by atoms with Gasteiger partial charge in [-0.3, -0.25) is 9.05 Å². The van der Waals surface area contributed by atoms with E-state index >= 15 is 0 Å². The molecule has 0 saturated heterocycles. The third-order valence-corrected chi connectivity index (χ3v) is 4.77. The number of rotatable bonds is 4. The molecule has 2 aliphatic rings. The molecule has 0 aromatic rings. The molecule has 2 aliphatic carbocycles. The third-order valence-electron chi connectivity index (χ3n) is 3.66. The van der Waals surface area contributed by atoms with E-state index in [-0.39, 0.29) is 12.2 Å². The van der Waals surface area contributed by atoms with E-state index < -0.39 is 7.82 Å². The van der Waals surface area contributed by atoms with Crippen molar-refractivity contribution in [2.45, 2.75) is 76.4 Å². The minimum atomic E-state index is -4.08. The molecule has 99 valence electrons. The first-order valence-corrected chi connectivity index (χ1v) is 8.30. The summed E-state index contributed by atoms with van der Waals surface area (Å²) in [4.78, 5) is 11.8. The molecule has 0 aromatic heterocycles. The van der Waals surface area contributed by atoms with E-state index in [1.54, 1.807) is 0 Å². The first kappa shape index (κ1) is 13.5. The average molecular weight is 261 g/mol. The van der Waals surface area contributed by atoms with Crippen molar-refractivity contribution in [1.29, 1.82) is 0 Å². The summed E-state index contributed by atoms with van der Waals surface area (Å²) in [5.41, 5.74) is 0. The second-order valence-electron chi connectivity index (χ2n) is 5.18. The van der Waals surface area contributed by atoms with Gasteiger partial charge in [0.15, 0.2) is 0 Å². The molecule has 0 bridgehead atoms. The molecule has 2 saturated carbocycles. The standard InChI is InChI=1S/C12H22O4P/c13-17(14,15-11-7-3-1-4-8-11)16-12-9-5-2-6-10-12/h11-12H,1-10H2. The highest BCUT2D eigenvalue weighted by Crippen LogP contribution is 2.50. The van der Waals surface area contributed by atoms with Crippen LogP contribution in [-0.4, -0.2) is 12.2 Å². The minimum Gasteiger partial charge on any atom is -0.282 e. The summed E-state index contributed by atoms with van der Waals surface area (Å²) < 4.78 is 22.1. The van der Waals surface area contributed by atoms with E-state index in [0.717, 1.165) is 51.4 Å². The van der Waals surface area contributed by atoms with Crippen LogP contribution in [0.5, 0.6) is 0 Å². The number of hydrogen-bond donors (Lipinski definition) is 0. The fourth-order valence-electron chi connectivity index (χ4n) is 2.73. The molecule has 1 radical (unpaired) electrons. The summed E-state index contributed by atoms with van der Waals surface area (Å²) in [5, 5.41) is 0. The third kappa shape index (κ3) is 4.70. The van der Waals surface area contributed by atoms with Crippen molar-refractivity contribution in [2.75, 3.05) is 0 Å². The van der Waals surface area contributed by atoms with E-state index in [1.165, 1.54) is 12.8 Å². The van der Waals surface area contributed by atoms with Gasteiger partial charge < -0.3 is 0 Å². The van der Waals surface area contributed by atoms with Crippen molar-refractivity contribution in [3.8, 4) is 0 Å². The summed E-state index contributed by atoms with van der Waals surface area (Å²) in [6, 6.07) is 0. The fourth-order valence-corrected chi connectivity index (χ4v) is 3.93. The van der Waals surface area contributed by atoms with Gasteiger partial charge in [0.25, 0.3) is 0 Å². The zero-order chi connectivity index (χ0) is 12.1. The smallest absolute Gasteiger partial charge is 0.282 e. The van der Waals surface area contributed by atoms with Crippen molar-refractivity contribution in [1.82, 2.24) is 0 Å². The summed E-state index contributed by atoms with van der Waals surface area (Å²) in [6.07, 6.45) is 9.73. The van der Waals surface area contributed by atoms with E-state index in [2.05, 4.69) is 0 Å². The van der Waals surface area contributed by atoms with Gasteiger partial charge in [-0.15, -0.1) is 4.89 Å². The Bertz CT molecular complexity index is 246. The van der Waals surface area contributed by atoms with Crippen LogP contribution in [0.15, 0.2) is 0 Å². The van der Waals surface area contributed by atoms with Crippen LogP contribution < -0.4 is 0 Å². The van der Waals surface area contributed by atoms with Gasteiger partial charge in [-0.2, -0.15) is 0 Å². The lowest BCUT2D eigenvalue weighted by Gasteiger charge is -2.27. The highest BCUT2D eigenvalue weighted by Gasteiger charge is 2.33. The van der Waals surface area contributed by atoms with Crippen LogP contribution in [0.2, 0.25) is 0 Å². The lowest BCUT2D eigenvalue weighted by atomic mass is 9.98. The molecular formula is C12H22O4P. The molecule has 0 N–H and O–H groups in total. The summed E-state index contributed by atoms with van der Waals surface area (Å²) in [7, 11) is -4.08. The zero-order valence-electron chi connectivity index (χ0n) is 10.3. The van der Waals surface area contributed by atoms with Crippen LogP contribution in [-0.2, 0) is 18.5 Å². The van der Waals surface area contributed by atoms with Gasteiger partial charge in [-0.05, 0) is 25.7 Å². The SMILES string of the molecule is [O]P(=O)(OC1CCCCC1)OC1CCCCC1. The van der Waals surface area contributed by atoms with Crippen LogP contribution >= 0.6 is 7.82 Å². The van der Waals surface area contributed by atoms with Crippen molar-refractivity contribution < 1.29 is 18.5 Å². The van der Waals surface area contributed by atoms with E-state index in [9.17, 15) is 9.46 Å². The molecule has 0 unspecified atom stereocenters. The van der Waals surface area contributed by atoms with Crippen LogP contribution in [0.3, 0.4) is 0 Å². The quantitative estimate of drug-likeness (QED) is 0.712. The maximum absolute atomic E-state index is 11.8. The van der Waals surface area contributed by atoms with Crippen molar-refractivity contribution >= 4 is 7.82 Å². The molecule has 0 aromatic carbocycles. The van der Waals surface area contributed by atoms with Crippen molar-refractivity contribution in [3.05, 3.63) is 0 Å². The Balaban J connectivity index is 1.78.